The third-order valence-electron chi connectivity index (χ3n) is 5.06. The molecule has 154 valence electrons. The second kappa shape index (κ2) is 7.71. The third kappa shape index (κ3) is 3.69. The molecule has 0 atom stereocenters. The first kappa shape index (κ1) is 18.5. The zero-order valence-corrected chi connectivity index (χ0v) is 16.5. The Balaban J connectivity index is 1.42. The van der Waals surface area contributed by atoms with Crippen LogP contribution in [0, 0.1) is 5.82 Å². The highest BCUT2D eigenvalue weighted by molar-refractivity contribution is 5.75. The van der Waals surface area contributed by atoms with Crippen LogP contribution >= 0.6 is 0 Å². The summed E-state index contributed by atoms with van der Waals surface area (Å²) in [5.74, 6) is 0.165. The van der Waals surface area contributed by atoms with Crippen LogP contribution in [-0.4, -0.2) is 55.8 Å². The van der Waals surface area contributed by atoms with Crippen molar-refractivity contribution in [1.82, 2.24) is 29.5 Å². The summed E-state index contributed by atoms with van der Waals surface area (Å²) in [6.45, 7) is 3.23. The molecule has 0 saturated carbocycles. The van der Waals surface area contributed by atoms with Gasteiger partial charge in [0, 0.05) is 43.8 Å². The van der Waals surface area contributed by atoms with Crippen molar-refractivity contribution in [3.63, 3.8) is 0 Å². The summed E-state index contributed by atoms with van der Waals surface area (Å²) in [4.78, 5) is 11.1. The van der Waals surface area contributed by atoms with Crippen LogP contribution in [0.2, 0.25) is 0 Å². The van der Waals surface area contributed by atoms with E-state index < -0.39 is 0 Å². The van der Waals surface area contributed by atoms with Crippen LogP contribution in [0.5, 0.6) is 0 Å². The van der Waals surface area contributed by atoms with Gasteiger partial charge in [0.05, 0.1) is 43.2 Å². The molecule has 0 aliphatic carbocycles. The van der Waals surface area contributed by atoms with E-state index in [-0.39, 0.29) is 12.4 Å². The van der Waals surface area contributed by atoms with Crippen molar-refractivity contribution >= 4 is 28.4 Å². The zero-order chi connectivity index (χ0) is 20.5. The molecule has 3 aromatic heterocycles. The summed E-state index contributed by atoms with van der Waals surface area (Å²) in [6, 6.07) is 5.20. The van der Waals surface area contributed by atoms with Gasteiger partial charge in [0.2, 0.25) is 5.95 Å². The average Bonchev–Trinajstić information content (AvgIpc) is 3.36. The lowest BCUT2D eigenvalue weighted by Gasteiger charge is -2.29. The Morgan fingerprint density at radius 3 is 2.80 bits per heavy atom. The predicted molar refractivity (Wildman–Crippen MR) is 110 cm³/mol. The Hall–Kier alpha value is -3.53. The maximum absolute atomic E-state index is 14.6. The number of halogens is 1. The highest BCUT2D eigenvalue weighted by Gasteiger charge is 2.15. The van der Waals surface area contributed by atoms with Gasteiger partial charge in [-0.1, -0.05) is 0 Å². The van der Waals surface area contributed by atoms with Crippen LogP contribution in [0.3, 0.4) is 0 Å². The Labute approximate surface area is 172 Å². The zero-order valence-electron chi connectivity index (χ0n) is 16.5. The molecule has 9 nitrogen and oxygen atoms in total. The van der Waals surface area contributed by atoms with Gasteiger partial charge in [0.25, 0.3) is 0 Å². The number of fused-ring (bicyclic) bond motifs is 1. The summed E-state index contributed by atoms with van der Waals surface area (Å²) in [6.07, 6.45) is 6.91. The Morgan fingerprint density at radius 1 is 1.13 bits per heavy atom. The molecular formula is C20H21FN8O. The minimum Gasteiger partial charge on any atom is -0.378 e. The molecule has 4 aromatic rings. The summed E-state index contributed by atoms with van der Waals surface area (Å²) >= 11 is 0. The molecule has 1 aromatic carbocycles. The molecule has 1 aliphatic rings. The van der Waals surface area contributed by atoms with E-state index in [4.69, 9.17) is 4.74 Å². The lowest BCUT2D eigenvalue weighted by Crippen LogP contribution is -2.36. The van der Waals surface area contributed by atoms with Crippen molar-refractivity contribution in [2.24, 2.45) is 7.05 Å². The summed E-state index contributed by atoms with van der Waals surface area (Å²) in [5.41, 5.74) is 2.96. The molecular weight excluding hydrogens is 387 g/mol. The minimum atomic E-state index is -0.265. The van der Waals surface area contributed by atoms with E-state index in [0.29, 0.717) is 30.4 Å². The fraction of sp³-hybridized carbons (Fsp3) is 0.300. The molecule has 1 N–H and O–H groups in total. The predicted octanol–water partition coefficient (Wildman–Crippen LogP) is 2.33. The third-order valence-corrected chi connectivity index (χ3v) is 5.06. The molecule has 0 radical (unpaired) electrons. The normalized spacial score (nSPS) is 14.4. The lowest BCUT2D eigenvalue weighted by molar-refractivity contribution is 0.122. The number of aryl methyl sites for hydroxylation is 1. The van der Waals surface area contributed by atoms with Crippen molar-refractivity contribution in [3.8, 4) is 0 Å². The monoisotopic (exact) mass is 408 g/mol. The molecule has 4 heterocycles. The number of aromatic nitrogens is 6. The smallest absolute Gasteiger partial charge is 0.229 e. The fourth-order valence-electron chi connectivity index (χ4n) is 3.52. The van der Waals surface area contributed by atoms with Crippen molar-refractivity contribution in [1.29, 1.82) is 0 Å². The molecule has 30 heavy (non-hydrogen) atoms. The molecule has 5 rings (SSSR count). The van der Waals surface area contributed by atoms with Crippen LogP contribution in [0.4, 0.5) is 21.7 Å². The van der Waals surface area contributed by atoms with Crippen LogP contribution in [-0.2, 0) is 18.3 Å². The number of ether oxygens (including phenoxy) is 1. The van der Waals surface area contributed by atoms with Gasteiger partial charge in [-0.2, -0.15) is 15.2 Å². The fourth-order valence-corrected chi connectivity index (χ4v) is 3.52. The second-order valence-electron chi connectivity index (χ2n) is 7.18. The minimum absolute atomic E-state index is 0.265. The average molecular weight is 408 g/mol. The number of morpholine rings is 1. The van der Waals surface area contributed by atoms with Gasteiger partial charge in [-0.05, 0) is 18.2 Å². The number of hydrogen-bond donors (Lipinski definition) is 1. The maximum atomic E-state index is 14.6. The van der Waals surface area contributed by atoms with Gasteiger partial charge < -0.3 is 15.0 Å². The summed E-state index contributed by atoms with van der Waals surface area (Å²) < 4.78 is 23.3. The quantitative estimate of drug-likeness (QED) is 0.542. The molecule has 1 fully saturated rings. The molecule has 0 bridgehead atoms. The van der Waals surface area contributed by atoms with Gasteiger partial charge in [-0.3, -0.25) is 4.68 Å². The van der Waals surface area contributed by atoms with Gasteiger partial charge in [-0.25, -0.2) is 14.1 Å². The summed E-state index contributed by atoms with van der Waals surface area (Å²) in [5, 5.41) is 12.4. The number of hydrogen-bond acceptors (Lipinski definition) is 7. The molecule has 1 aliphatic heterocycles. The van der Waals surface area contributed by atoms with E-state index in [2.05, 4.69) is 30.4 Å². The number of rotatable bonds is 5. The van der Waals surface area contributed by atoms with E-state index >= 15 is 0 Å². The highest BCUT2D eigenvalue weighted by atomic mass is 19.1. The van der Waals surface area contributed by atoms with E-state index in [1.807, 2.05) is 25.4 Å². The van der Waals surface area contributed by atoms with Gasteiger partial charge in [0.15, 0.2) is 5.65 Å². The summed E-state index contributed by atoms with van der Waals surface area (Å²) in [7, 11) is 1.84. The maximum Gasteiger partial charge on any atom is 0.229 e. The Morgan fingerprint density at radius 2 is 2.00 bits per heavy atom. The Kier molecular flexibility index (Phi) is 4.75. The molecule has 0 spiro atoms. The molecule has 0 amide bonds. The second-order valence-corrected chi connectivity index (χ2v) is 7.18. The number of benzene rings is 1. The first-order valence-electron chi connectivity index (χ1n) is 9.71. The topological polar surface area (TPSA) is 85.9 Å². The van der Waals surface area contributed by atoms with E-state index in [9.17, 15) is 4.39 Å². The number of nitrogens with zero attached hydrogens (tertiary/aromatic N) is 7. The molecule has 10 heteroatoms. The first-order chi connectivity index (χ1) is 14.7. The lowest BCUT2D eigenvalue weighted by atomic mass is 10.1. The van der Waals surface area contributed by atoms with Gasteiger partial charge in [-0.15, -0.1) is 0 Å². The van der Waals surface area contributed by atoms with Crippen LogP contribution in [0.1, 0.15) is 5.56 Å². The molecule has 0 unspecified atom stereocenters. The first-order valence-corrected chi connectivity index (χ1v) is 9.71. The highest BCUT2D eigenvalue weighted by Crippen LogP contribution is 2.22. The largest absolute Gasteiger partial charge is 0.378 e. The van der Waals surface area contributed by atoms with Gasteiger partial charge >= 0.3 is 0 Å². The van der Waals surface area contributed by atoms with Crippen molar-refractivity contribution in [2.45, 2.75) is 6.54 Å². The van der Waals surface area contributed by atoms with Crippen molar-refractivity contribution < 1.29 is 9.13 Å². The molecule has 1 saturated heterocycles. The van der Waals surface area contributed by atoms with E-state index in [1.165, 1.54) is 6.07 Å². The number of anilines is 3. The SMILES string of the molecule is Cn1cc(Nc2ncc3cnn(Cc4cc(N5CCOCC5)ccc4F)c3n2)cn1. The van der Waals surface area contributed by atoms with E-state index in [1.54, 1.807) is 28.0 Å². The van der Waals surface area contributed by atoms with Crippen LogP contribution < -0.4 is 10.2 Å². The van der Waals surface area contributed by atoms with Crippen LogP contribution in [0.15, 0.2) is 43.0 Å². The number of nitrogens with one attached hydrogen (secondary N) is 1. The van der Waals surface area contributed by atoms with E-state index in [0.717, 1.165) is 29.9 Å². The van der Waals surface area contributed by atoms with Crippen LogP contribution in [0.25, 0.3) is 11.0 Å². The van der Waals surface area contributed by atoms with Crippen molar-refractivity contribution in [3.05, 3.63) is 54.4 Å². The van der Waals surface area contributed by atoms with Crippen molar-refractivity contribution in [2.75, 3.05) is 36.5 Å². The Bertz CT molecular complexity index is 1180. The standard InChI is InChI=1S/C20H21FN8O/c1-27-13-16(11-23-27)25-20-22-9-15-10-24-29(19(15)26-20)12-14-8-17(2-3-18(14)21)28-4-6-30-7-5-28/h2-3,8-11,13H,4-7,12H2,1H3,(H,22,25,26). The van der Waals surface area contributed by atoms with Gasteiger partial charge in [0.1, 0.15) is 5.82 Å².